The maximum absolute atomic E-state index is 11.9. The number of benzene rings is 2. The van der Waals surface area contributed by atoms with Crippen molar-refractivity contribution in [3.8, 4) is 22.5 Å². The van der Waals surface area contributed by atoms with Crippen LogP contribution in [0.3, 0.4) is 0 Å². The molecule has 2 aromatic carbocycles. The van der Waals surface area contributed by atoms with Gasteiger partial charge in [-0.25, -0.2) is 4.98 Å². The standard InChI is InChI=1S/C20H15N3O3S/c1-2-13-6-8-14(9-7-13)18-12-27-20-21-19(17(11-24)22(18)20)15-4-3-5-16(10-15)23(25)26/h3-12H,2H2,1H3. The molecule has 2 aromatic heterocycles. The van der Waals surface area contributed by atoms with E-state index >= 15 is 0 Å². The van der Waals surface area contributed by atoms with Crippen LogP contribution in [0.1, 0.15) is 23.0 Å². The number of non-ortho nitro benzene ring substituents is 1. The lowest BCUT2D eigenvalue weighted by molar-refractivity contribution is -0.384. The summed E-state index contributed by atoms with van der Waals surface area (Å²) in [5.74, 6) is 0. The summed E-state index contributed by atoms with van der Waals surface area (Å²) in [6, 6.07) is 14.4. The number of thiazole rings is 1. The molecule has 0 unspecified atom stereocenters. The van der Waals surface area contributed by atoms with Gasteiger partial charge in [0.2, 0.25) is 0 Å². The highest BCUT2D eigenvalue weighted by molar-refractivity contribution is 7.15. The number of hydrogen-bond acceptors (Lipinski definition) is 5. The first-order valence-electron chi connectivity index (χ1n) is 8.41. The Morgan fingerprint density at radius 1 is 1.19 bits per heavy atom. The highest BCUT2D eigenvalue weighted by atomic mass is 32.1. The van der Waals surface area contributed by atoms with Gasteiger partial charge < -0.3 is 0 Å². The third kappa shape index (κ3) is 2.92. The minimum absolute atomic E-state index is 0.0314. The summed E-state index contributed by atoms with van der Waals surface area (Å²) < 4.78 is 1.81. The molecule has 4 aromatic rings. The quantitative estimate of drug-likeness (QED) is 0.278. The average Bonchev–Trinajstić information content (AvgIpc) is 3.27. The number of hydrogen-bond donors (Lipinski definition) is 0. The molecule has 0 aliphatic heterocycles. The summed E-state index contributed by atoms with van der Waals surface area (Å²) in [5.41, 5.74) is 4.47. The Kier molecular flexibility index (Phi) is 4.29. The van der Waals surface area contributed by atoms with E-state index in [0.29, 0.717) is 21.9 Å². The summed E-state index contributed by atoms with van der Waals surface area (Å²) in [6.45, 7) is 2.10. The van der Waals surface area contributed by atoms with E-state index in [4.69, 9.17) is 0 Å². The second kappa shape index (κ2) is 6.77. The molecule has 4 rings (SSSR count). The normalized spacial score (nSPS) is 11.0. The van der Waals surface area contributed by atoms with Crippen LogP contribution in [0.25, 0.3) is 27.5 Å². The molecule has 0 aliphatic carbocycles. The number of carbonyl (C=O) groups is 1. The number of carbonyl (C=O) groups excluding carboxylic acids is 1. The molecule has 27 heavy (non-hydrogen) atoms. The SMILES string of the molecule is CCc1ccc(-c2csc3nc(-c4cccc([N+](=O)[O-])c4)c(C=O)n23)cc1. The molecule has 6 nitrogen and oxygen atoms in total. The number of rotatable bonds is 5. The van der Waals surface area contributed by atoms with Crippen molar-refractivity contribution in [2.45, 2.75) is 13.3 Å². The molecule has 7 heteroatoms. The number of fused-ring (bicyclic) bond motifs is 1. The molecule has 0 radical (unpaired) electrons. The van der Waals surface area contributed by atoms with Crippen LogP contribution in [-0.2, 0) is 6.42 Å². The van der Waals surface area contributed by atoms with E-state index in [1.165, 1.54) is 29.0 Å². The second-order valence-corrected chi connectivity index (χ2v) is 6.90. The van der Waals surface area contributed by atoms with Gasteiger partial charge in [-0.05, 0) is 17.5 Å². The predicted molar refractivity (Wildman–Crippen MR) is 105 cm³/mol. The van der Waals surface area contributed by atoms with Crippen molar-refractivity contribution in [2.75, 3.05) is 0 Å². The van der Waals surface area contributed by atoms with E-state index < -0.39 is 4.92 Å². The number of nitro benzene ring substituents is 1. The van der Waals surface area contributed by atoms with Gasteiger partial charge in [-0.2, -0.15) is 0 Å². The summed E-state index contributed by atoms with van der Waals surface area (Å²) in [7, 11) is 0. The number of aldehydes is 1. The zero-order valence-corrected chi connectivity index (χ0v) is 15.3. The van der Waals surface area contributed by atoms with Gasteiger partial charge in [-0.1, -0.05) is 43.3 Å². The minimum Gasteiger partial charge on any atom is -0.296 e. The van der Waals surface area contributed by atoms with E-state index in [0.717, 1.165) is 24.0 Å². The molecular formula is C20H15N3O3S. The van der Waals surface area contributed by atoms with Crippen LogP contribution < -0.4 is 0 Å². The largest absolute Gasteiger partial charge is 0.296 e. The molecule has 0 N–H and O–H groups in total. The second-order valence-electron chi connectivity index (χ2n) is 6.06. The lowest BCUT2D eigenvalue weighted by Gasteiger charge is -2.04. The third-order valence-electron chi connectivity index (χ3n) is 4.50. The summed E-state index contributed by atoms with van der Waals surface area (Å²) in [6.07, 6.45) is 1.71. The van der Waals surface area contributed by atoms with Crippen molar-refractivity contribution in [2.24, 2.45) is 0 Å². The van der Waals surface area contributed by atoms with E-state index in [2.05, 4.69) is 24.0 Å². The van der Waals surface area contributed by atoms with Gasteiger partial charge in [0.1, 0.15) is 11.4 Å². The molecule has 0 atom stereocenters. The fraction of sp³-hybridized carbons (Fsp3) is 0.100. The van der Waals surface area contributed by atoms with Gasteiger partial charge in [-0.3, -0.25) is 19.3 Å². The maximum atomic E-state index is 11.9. The van der Waals surface area contributed by atoms with Gasteiger partial charge in [0.15, 0.2) is 11.2 Å². The number of aromatic nitrogens is 2. The predicted octanol–water partition coefficient (Wildman–Crippen LogP) is 5.01. The van der Waals surface area contributed by atoms with Crippen molar-refractivity contribution in [3.63, 3.8) is 0 Å². The first-order valence-corrected chi connectivity index (χ1v) is 9.29. The molecule has 0 bridgehead atoms. The fourth-order valence-electron chi connectivity index (χ4n) is 3.08. The van der Waals surface area contributed by atoms with Gasteiger partial charge in [-0.15, -0.1) is 11.3 Å². The van der Waals surface area contributed by atoms with Crippen LogP contribution in [0, 0.1) is 10.1 Å². The van der Waals surface area contributed by atoms with E-state index in [-0.39, 0.29) is 5.69 Å². The van der Waals surface area contributed by atoms with Crippen molar-refractivity contribution < 1.29 is 9.72 Å². The van der Waals surface area contributed by atoms with Crippen LogP contribution >= 0.6 is 11.3 Å². The monoisotopic (exact) mass is 377 g/mol. The molecule has 0 amide bonds. The van der Waals surface area contributed by atoms with Gasteiger partial charge >= 0.3 is 0 Å². The molecule has 134 valence electrons. The average molecular weight is 377 g/mol. The number of imidazole rings is 1. The summed E-state index contributed by atoms with van der Waals surface area (Å²) in [5, 5.41) is 13.0. The summed E-state index contributed by atoms with van der Waals surface area (Å²) >= 11 is 1.43. The molecule has 0 spiro atoms. The van der Waals surface area contributed by atoms with Crippen LogP contribution in [-0.4, -0.2) is 20.6 Å². The molecule has 0 saturated carbocycles. The first-order chi connectivity index (χ1) is 13.1. The Labute approximate surface area is 158 Å². The van der Waals surface area contributed by atoms with Crippen molar-refractivity contribution in [1.82, 2.24) is 9.38 Å². The topological polar surface area (TPSA) is 77.5 Å². The van der Waals surface area contributed by atoms with E-state index in [1.54, 1.807) is 12.1 Å². The number of nitro groups is 1. The molecule has 0 fully saturated rings. The molecule has 2 heterocycles. The Morgan fingerprint density at radius 3 is 2.63 bits per heavy atom. The Hall–Kier alpha value is -3.32. The Morgan fingerprint density at radius 2 is 1.96 bits per heavy atom. The first kappa shape index (κ1) is 17.1. The fourth-order valence-corrected chi connectivity index (χ4v) is 3.99. The van der Waals surface area contributed by atoms with Crippen molar-refractivity contribution in [3.05, 3.63) is 75.3 Å². The van der Waals surface area contributed by atoms with Gasteiger partial charge in [0.25, 0.3) is 5.69 Å². The highest BCUT2D eigenvalue weighted by Crippen LogP contribution is 2.33. The van der Waals surface area contributed by atoms with Crippen molar-refractivity contribution in [1.29, 1.82) is 0 Å². The van der Waals surface area contributed by atoms with Gasteiger partial charge in [0.05, 0.1) is 10.6 Å². The van der Waals surface area contributed by atoms with Crippen LogP contribution in [0.5, 0.6) is 0 Å². The van der Waals surface area contributed by atoms with E-state index in [1.807, 2.05) is 21.9 Å². The zero-order valence-electron chi connectivity index (χ0n) is 14.5. The Balaban J connectivity index is 1.89. The van der Waals surface area contributed by atoms with E-state index in [9.17, 15) is 14.9 Å². The molecule has 0 aliphatic rings. The lowest BCUT2D eigenvalue weighted by Crippen LogP contribution is -1.95. The Bertz CT molecular complexity index is 1160. The lowest BCUT2D eigenvalue weighted by atomic mass is 10.1. The summed E-state index contributed by atoms with van der Waals surface area (Å²) in [4.78, 5) is 27.7. The number of nitrogens with zero attached hydrogens (tertiary/aromatic N) is 3. The highest BCUT2D eigenvalue weighted by Gasteiger charge is 2.19. The number of aryl methyl sites for hydroxylation is 1. The molecular weight excluding hydrogens is 362 g/mol. The van der Waals surface area contributed by atoms with Crippen LogP contribution in [0.2, 0.25) is 0 Å². The van der Waals surface area contributed by atoms with Gasteiger partial charge in [0, 0.05) is 23.1 Å². The third-order valence-corrected chi connectivity index (χ3v) is 5.32. The molecule has 0 saturated heterocycles. The maximum Gasteiger partial charge on any atom is 0.270 e. The smallest absolute Gasteiger partial charge is 0.270 e. The minimum atomic E-state index is -0.455. The van der Waals surface area contributed by atoms with Crippen LogP contribution in [0.4, 0.5) is 5.69 Å². The zero-order chi connectivity index (χ0) is 19.0. The van der Waals surface area contributed by atoms with Crippen molar-refractivity contribution >= 4 is 28.3 Å². The van der Waals surface area contributed by atoms with Crippen LogP contribution in [0.15, 0.2) is 53.9 Å².